The second-order valence-electron chi connectivity index (χ2n) is 6.78. The number of hydrogen-bond donors (Lipinski definition) is 3. The molecule has 148 valence electrons. The fourth-order valence-corrected chi connectivity index (χ4v) is 3.04. The number of carbonyl (C=O) groups is 2. The molecule has 3 aromatic carbocycles. The van der Waals surface area contributed by atoms with Crippen LogP contribution in [0.1, 0.15) is 31.8 Å². The molecule has 3 aromatic rings. The van der Waals surface area contributed by atoms with Crippen LogP contribution in [0.3, 0.4) is 0 Å². The maximum atomic E-state index is 12.1. The first-order valence-electron chi connectivity index (χ1n) is 9.67. The molecule has 2 amide bonds. The van der Waals surface area contributed by atoms with Crippen molar-refractivity contribution < 1.29 is 9.59 Å². The fourth-order valence-electron chi connectivity index (χ4n) is 3.04. The summed E-state index contributed by atoms with van der Waals surface area (Å²) in [5, 5.41) is 5.83. The van der Waals surface area contributed by atoms with Gasteiger partial charge in [-0.25, -0.2) is 0 Å². The lowest BCUT2D eigenvalue weighted by molar-refractivity contribution is 0.0946. The number of rotatable bonds is 8. The van der Waals surface area contributed by atoms with Gasteiger partial charge in [0.05, 0.1) is 0 Å². The molecule has 0 atom stereocenters. The highest BCUT2D eigenvalue weighted by atomic mass is 16.2. The summed E-state index contributed by atoms with van der Waals surface area (Å²) in [6, 6.07) is 24.2. The van der Waals surface area contributed by atoms with Crippen molar-refractivity contribution in [3.63, 3.8) is 0 Å². The Hall–Kier alpha value is -3.60. The van der Waals surface area contributed by atoms with Crippen LogP contribution in [0.15, 0.2) is 78.9 Å². The monoisotopic (exact) mass is 387 g/mol. The van der Waals surface area contributed by atoms with E-state index in [1.165, 1.54) is 0 Å². The Morgan fingerprint density at radius 2 is 1.21 bits per heavy atom. The molecule has 3 rings (SSSR count). The zero-order valence-corrected chi connectivity index (χ0v) is 16.2. The van der Waals surface area contributed by atoms with Gasteiger partial charge in [-0.05, 0) is 54.3 Å². The van der Waals surface area contributed by atoms with Crippen molar-refractivity contribution in [1.29, 1.82) is 0 Å². The van der Waals surface area contributed by atoms with E-state index >= 15 is 0 Å². The smallest absolute Gasteiger partial charge is 0.251 e. The summed E-state index contributed by atoms with van der Waals surface area (Å²) in [4.78, 5) is 24.1. The maximum absolute atomic E-state index is 12.1. The highest BCUT2D eigenvalue weighted by Gasteiger charge is 2.07. The molecule has 0 aliphatic rings. The number of hydrogen-bond acceptors (Lipinski definition) is 3. The van der Waals surface area contributed by atoms with E-state index in [0.29, 0.717) is 42.7 Å². The summed E-state index contributed by atoms with van der Waals surface area (Å²) < 4.78 is 0. The Labute approximate surface area is 170 Å². The summed E-state index contributed by atoms with van der Waals surface area (Å²) in [5.74, 6) is -0.167. The molecule has 0 unspecified atom stereocenters. The SMILES string of the molecule is Nc1cc(CCNC(=O)c2ccccc2)ccc1CCNC(=O)c1ccccc1. The lowest BCUT2D eigenvalue weighted by atomic mass is 10.0. The van der Waals surface area contributed by atoms with Crippen molar-refractivity contribution >= 4 is 17.5 Å². The average molecular weight is 387 g/mol. The van der Waals surface area contributed by atoms with Crippen molar-refractivity contribution in [2.24, 2.45) is 0 Å². The third-order valence-corrected chi connectivity index (χ3v) is 4.66. The first-order chi connectivity index (χ1) is 14.1. The lowest BCUT2D eigenvalue weighted by Gasteiger charge is -2.10. The Bertz CT molecular complexity index is 956. The van der Waals surface area contributed by atoms with Crippen molar-refractivity contribution in [1.82, 2.24) is 10.6 Å². The Kier molecular flexibility index (Phi) is 7.00. The van der Waals surface area contributed by atoms with E-state index < -0.39 is 0 Å². The molecule has 0 aromatic heterocycles. The largest absolute Gasteiger partial charge is 0.398 e. The molecular formula is C24H25N3O2. The van der Waals surface area contributed by atoms with Gasteiger partial charge in [0.1, 0.15) is 0 Å². The van der Waals surface area contributed by atoms with E-state index in [0.717, 1.165) is 11.1 Å². The molecule has 0 aliphatic heterocycles. The normalized spacial score (nSPS) is 10.3. The van der Waals surface area contributed by atoms with Crippen molar-refractivity contribution in [3.05, 3.63) is 101 Å². The summed E-state index contributed by atoms with van der Waals surface area (Å²) in [7, 11) is 0. The molecule has 0 saturated heterocycles. The Morgan fingerprint density at radius 3 is 1.72 bits per heavy atom. The number of nitrogens with one attached hydrogen (secondary N) is 2. The van der Waals surface area contributed by atoms with E-state index in [1.807, 2.05) is 54.6 Å². The number of benzene rings is 3. The average Bonchev–Trinajstić information content (AvgIpc) is 2.76. The molecule has 4 N–H and O–H groups in total. The van der Waals surface area contributed by atoms with Crippen LogP contribution in [0, 0.1) is 0 Å². The van der Waals surface area contributed by atoms with Crippen LogP contribution >= 0.6 is 0 Å². The van der Waals surface area contributed by atoms with Gasteiger partial charge in [-0.15, -0.1) is 0 Å². The van der Waals surface area contributed by atoms with Crippen molar-refractivity contribution in [3.8, 4) is 0 Å². The predicted molar refractivity (Wildman–Crippen MR) is 116 cm³/mol. The molecule has 0 radical (unpaired) electrons. The molecule has 0 spiro atoms. The third kappa shape index (κ3) is 5.94. The number of nitrogens with two attached hydrogens (primary N) is 1. The van der Waals surface area contributed by atoms with Gasteiger partial charge in [0.25, 0.3) is 11.8 Å². The minimum Gasteiger partial charge on any atom is -0.398 e. The molecule has 0 fully saturated rings. The first kappa shape index (κ1) is 20.1. The Morgan fingerprint density at radius 1 is 0.690 bits per heavy atom. The Balaban J connectivity index is 1.45. The van der Waals surface area contributed by atoms with Crippen LogP contribution in [0.25, 0.3) is 0 Å². The van der Waals surface area contributed by atoms with Gasteiger partial charge < -0.3 is 16.4 Å². The van der Waals surface area contributed by atoms with Gasteiger partial charge in [0.15, 0.2) is 0 Å². The van der Waals surface area contributed by atoms with Gasteiger partial charge in [0, 0.05) is 29.9 Å². The minimum absolute atomic E-state index is 0.0793. The first-order valence-corrected chi connectivity index (χ1v) is 9.67. The third-order valence-electron chi connectivity index (χ3n) is 4.66. The van der Waals surface area contributed by atoms with E-state index in [4.69, 9.17) is 5.73 Å². The highest BCUT2D eigenvalue weighted by Crippen LogP contribution is 2.15. The second kappa shape index (κ2) is 10.1. The number of carbonyl (C=O) groups excluding carboxylic acids is 2. The van der Waals surface area contributed by atoms with E-state index in [-0.39, 0.29) is 11.8 Å². The van der Waals surface area contributed by atoms with E-state index in [9.17, 15) is 9.59 Å². The van der Waals surface area contributed by atoms with E-state index in [1.54, 1.807) is 24.3 Å². The number of nitrogen functional groups attached to an aromatic ring is 1. The quantitative estimate of drug-likeness (QED) is 0.519. The summed E-state index contributed by atoms with van der Waals surface area (Å²) in [6.07, 6.45) is 1.36. The topological polar surface area (TPSA) is 84.2 Å². The molecule has 5 nitrogen and oxygen atoms in total. The minimum atomic E-state index is -0.0880. The summed E-state index contributed by atoms with van der Waals surface area (Å²) in [5.41, 5.74) is 10.2. The summed E-state index contributed by atoms with van der Waals surface area (Å²) >= 11 is 0. The zero-order chi connectivity index (χ0) is 20.5. The second-order valence-corrected chi connectivity index (χ2v) is 6.78. The van der Waals surface area contributed by atoms with Gasteiger partial charge in [-0.3, -0.25) is 9.59 Å². The molecule has 5 heteroatoms. The maximum Gasteiger partial charge on any atom is 0.251 e. The van der Waals surface area contributed by atoms with Crippen LogP contribution in [0.4, 0.5) is 5.69 Å². The van der Waals surface area contributed by atoms with Crippen molar-refractivity contribution in [2.45, 2.75) is 12.8 Å². The van der Waals surface area contributed by atoms with Crippen LogP contribution in [-0.4, -0.2) is 24.9 Å². The van der Waals surface area contributed by atoms with Crippen LogP contribution in [0.2, 0.25) is 0 Å². The van der Waals surface area contributed by atoms with Gasteiger partial charge in [0.2, 0.25) is 0 Å². The van der Waals surface area contributed by atoms with Gasteiger partial charge >= 0.3 is 0 Å². The fraction of sp³-hybridized carbons (Fsp3) is 0.167. The molecule has 29 heavy (non-hydrogen) atoms. The molecule has 0 aliphatic carbocycles. The van der Waals surface area contributed by atoms with Crippen molar-refractivity contribution in [2.75, 3.05) is 18.8 Å². The van der Waals surface area contributed by atoms with Gasteiger partial charge in [-0.1, -0.05) is 48.5 Å². The lowest BCUT2D eigenvalue weighted by Crippen LogP contribution is -2.26. The van der Waals surface area contributed by atoms with Crippen LogP contribution in [-0.2, 0) is 12.8 Å². The number of amides is 2. The molecule has 0 saturated carbocycles. The predicted octanol–water partition coefficient (Wildman–Crippen LogP) is 3.21. The standard InChI is InChI=1S/C24H25N3O2/c25-22-17-18(13-15-26-23(28)20-7-3-1-4-8-20)11-12-19(22)14-16-27-24(29)21-9-5-2-6-10-21/h1-12,17H,13-16,25H2,(H,26,28)(H,27,29). The molecule has 0 heterocycles. The zero-order valence-electron chi connectivity index (χ0n) is 16.2. The van der Waals surface area contributed by atoms with Crippen LogP contribution < -0.4 is 16.4 Å². The van der Waals surface area contributed by atoms with Crippen LogP contribution in [0.5, 0.6) is 0 Å². The van der Waals surface area contributed by atoms with Gasteiger partial charge in [-0.2, -0.15) is 0 Å². The highest BCUT2D eigenvalue weighted by molar-refractivity contribution is 5.94. The van der Waals surface area contributed by atoms with E-state index in [2.05, 4.69) is 10.6 Å². The molecule has 0 bridgehead atoms. The number of anilines is 1. The molecular weight excluding hydrogens is 362 g/mol. The summed E-state index contributed by atoms with van der Waals surface area (Å²) in [6.45, 7) is 1.06.